The van der Waals surface area contributed by atoms with Gasteiger partial charge in [-0.05, 0) is 76.3 Å². The van der Waals surface area contributed by atoms with Gasteiger partial charge in [-0.2, -0.15) is 0 Å². The minimum Gasteiger partial charge on any atom is -0.426 e. The van der Waals surface area contributed by atoms with Crippen molar-refractivity contribution in [1.82, 2.24) is 0 Å². The van der Waals surface area contributed by atoms with E-state index in [1.54, 1.807) is 0 Å². The van der Waals surface area contributed by atoms with Gasteiger partial charge in [0.05, 0.1) is 0 Å². The van der Waals surface area contributed by atoms with Crippen molar-refractivity contribution in [3.8, 4) is 23.0 Å². The number of rotatable bonds is 11. The number of ether oxygens (including phenoxy) is 4. The average molecular weight is 679 g/mol. The molecule has 0 aliphatic rings. The van der Waals surface area contributed by atoms with Crippen molar-refractivity contribution >= 4 is 39.6 Å². The smallest absolute Gasteiger partial charge is 0.426 e. The van der Waals surface area contributed by atoms with Gasteiger partial charge in [-0.3, -0.25) is 9.59 Å². The summed E-state index contributed by atoms with van der Waals surface area (Å²) in [5, 5.41) is 2.51. The van der Waals surface area contributed by atoms with E-state index in [9.17, 15) is 14.4 Å². The van der Waals surface area contributed by atoms with E-state index < -0.39 is 23.5 Å². The summed E-state index contributed by atoms with van der Waals surface area (Å²) in [5.41, 5.74) is 4.66. The molecule has 50 heavy (non-hydrogen) atoms. The number of allylic oxidation sites excluding steroid dienone is 4. The normalized spacial score (nSPS) is 11.9. The van der Waals surface area contributed by atoms with Crippen molar-refractivity contribution in [2.75, 3.05) is 0 Å². The van der Waals surface area contributed by atoms with E-state index in [-0.39, 0.29) is 0 Å². The van der Waals surface area contributed by atoms with E-state index in [0.717, 1.165) is 17.6 Å². The molecule has 4 aromatic rings. The summed E-state index contributed by atoms with van der Waals surface area (Å²) in [5.74, 6) is 1.19. The Hall–Kier alpha value is -4.91. The second-order valence-corrected chi connectivity index (χ2v) is 14.4. The van der Waals surface area contributed by atoms with Crippen LogP contribution in [0.1, 0.15) is 97.4 Å². The van der Waals surface area contributed by atoms with Gasteiger partial charge in [0, 0.05) is 46.5 Å². The van der Waals surface area contributed by atoms with Gasteiger partial charge in [-0.25, -0.2) is 4.79 Å². The second-order valence-electron chi connectivity index (χ2n) is 14.4. The van der Waals surface area contributed by atoms with E-state index in [4.69, 9.17) is 18.9 Å². The van der Waals surface area contributed by atoms with Crippen LogP contribution in [0.25, 0.3) is 21.5 Å². The Morgan fingerprint density at radius 2 is 1.12 bits per heavy atom. The molecule has 0 aliphatic carbocycles. The molecule has 4 rings (SSSR count). The molecular weight excluding hydrogens is 628 g/mol. The Morgan fingerprint density at radius 1 is 0.660 bits per heavy atom. The Balaban J connectivity index is 1.93. The molecule has 0 N–H and O–H groups in total. The zero-order valence-electron chi connectivity index (χ0n) is 31.3. The van der Waals surface area contributed by atoms with Gasteiger partial charge in [0.2, 0.25) is 0 Å². The lowest BCUT2D eigenvalue weighted by molar-refractivity contribution is -0.132. The van der Waals surface area contributed by atoms with E-state index in [1.807, 2.05) is 82.3 Å². The summed E-state index contributed by atoms with van der Waals surface area (Å²) < 4.78 is 24.0. The molecule has 0 aliphatic heterocycles. The molecular formula is C43H50O7. The summed E-state index contributed by atoms with van der Waals surface area (Å²) in [4.78, 5) is 38.6. The quantitative estimate of drug-likeness (QED) is 0.0675. The molecule has 4 aromatic carbocycles. The number of benzene rings is 4. The molecule has 0 radical (unpaired) electrons. The zero-order valence-corrected chi connectivity index (χ0v) is 31.3. The maximum atomic E-state index is 14.1. The van der Waals surface area contributed by atoms with Gasteiger partial charge in [-0.1, -0.05) is 99.5 Å². The first-order valence-corrected chi connectivity index (χ1v) is 17.2. The fraction of sp³-hybridized carbons (Fsp3) is 0.372. The number of fused-ring (bicyclic) bond motifs is 2. The van der Waals surface area contributed by atoms with Crippen molar-refractivity contribution in [2.45, 2.75) is 101 Å². The minimum atomic E-state index is -0.915. The molecule has 7 heteroatoms. The monoisotopic (exact) mass is 678 g/mol. The molecule has 0 fully saturated rings. The van der Waals surface area contributed by atoms with Crippen LogP contribution in [-0.2, 0) is 21.4 Å². The molecule has 0 aromatic heterocycles. The van der Waals surface area contributed by atoms with Crippen molar-refractivity contribution in [3.05, 3.63) is 94.1 Å². The highest BCUT2D eigenvalue weighted by Crippen LogP contribution is 2.48. The molecule has 0 amide bonds. The summed E-state index contributed by atoms with van der Waals surface area (Å²) in [6.07, 6.45) is 5.42. The molecule has 7 nitrogen and oxygen atoms in total. The van der Waals surface area contributed by atoms with E-state index >= 15 is 0 Å². The fourth-order valence-corrected chi connectivity index (χ4v) is 6.64. The second kappa shape index (κ2) is 15.8. The highest BCUT2D eigenvalue weighted by molar-refractivity contribution is 6.00. The third kappa shape index (κ3) is 8.62. The topological polar surface area (TPSA) is 88.1 Å². The van der Waals surface area contributed by atoms with Gasteiger partial charge < -0.3 is 18.9 Å². The SMILES string of the molecule is CC(=O)Oc1c(C)c(CC=C(C)C)c(OC(=O)Oc2c(C(C)(C)C/C=C(\C)CC(C)C)c(C)c(OC(C)=O)c3ccccc23)c2ccccc12. The van der Waals surface area contributed by atoms with E-state index in [2.05, 4.69) is 40.7 Å². The number of carbonyl (C=O) groups excluding carboxylic acids is 3. The molecule has 0 bridgehead atoms. The van der Waals surface area contributed by atoms with Gasteiger partial charge in [0.1, 0.15) is 23.0 Å². The highest BCUT2D eigenvalue weighted by Gasteiger charge is 2.33. The molecule has 0 saturated heterocycles. The van der Waals surface area contributed by atoms with Crippen LogP contribution in [0.3, 0.4) is 0 Å². The lowest BCUT2D eigenvalue weighted by atomic mass is 9.76. The van der Waals surface area contributed by atoms with Crippen molar-refractivity contribution in [1.29, 1.82) is 0 Å². The summed E-state index contributed by atoms with van der Waals surface area (Å²) in [6, 6.07) is 14.8. The van der Waals surface area contributed by atoms with Crippen molar-refractivity contribution in [2.24, 2.45) is 5.92 Å². The van der Waals surface area contributed by atoms with Crippen LogP contribution < -0.4 is 18.9 Å². The number of hydrogen-bond acceptors (Lipinski definition) is 7. The highest BCUT2D eigenvalue weighted by atomic mass is 16.7. The lowest BCUT2D eigenvalue weighted by Crippen LogP contribution is -2.23. The molecule has 264 valence electrons. The van der Waals surface area contributed by atoms with Gasteiger partial charge >= 0.3 is 18.1 Å². The first kappa shape index (κ1) is 37.9. The maximum absolute atomic E-state index is 14.1. The molecule has 0 saturated carbocycles. The van der Waals surface area contributed by atoms with Gasteiger partial charge in [0.15, 0.2) is 0 Å². The number of hydrogen-bond donors (Lipinski definition) is 0. The van der Waals surface area contributed by atoms with E-state index in [1.165, 1.54) is 19.4 Å². The van der Waals surface area contributed by atoms with Gasteiger partial charge in [-0.15, -0.1) is 0 Å². The fourth-order valence-electron chi connectivity index (χ4n) is 6.64. The van der Waals surface area contributed by atoms with Crippen molar-refractivity contribution in [3.63, 3.8) is 0 Å². The van der Waals surface area contributed by atoms with Crippen LogP contribution >= 0.6 is 0 Å². The van der Waals surface area contributed by atoms with Crippen LogP contribution in [0.15, 0.2) is 71.8 Å². The minimum absolute atomic E-state index is 0.335. The zero-order chi connectivity index (χ0) is 36.9. The maximum Gasteiger partial charge on any atom is 0.519 e. The lowest BCUT2D eigenvalue weighted by Gasteiger charge is -2.30. The predicted octanol–water partition coefficient (Wildman–Crippen LogP) is 11.2. The van der Waals surface area contributed by atoms with Crippen LogP contribution in [0.2, 0.25) is 0 Å². The first-order chi connectivity index (χ1) is 23.5. The van der Waals surface area contributed by atoms with Gasteiger partial charge in [0.25, 0.3) is 0 Å². The largest absolute Gasteiger partial charge is 0.519 e. The Labute approximate surface area is 296 Å². The summed E-state index contributed by atoms with van der Waals surface area (Å²) in [7, 11) is 0. The Kier molecular flexibility index (Phi) is 11.9. The predicted molar refractivity (Wildman–Crippen MR) is 201 cm³/mol. The summed E-state index contributed by atoms with van der Waals surface area (Å²) >= 11 is 0. The number of carbonyl (C=O) groups is 3. The van der Waals surface area contributed by atoms with Crippen molar-refractivity contribution < 1.29 is 33.3 Å². The Morgan fingerprint density at radius 3 is 1.60 bits per heavy atom. The third-order valence-electron chi connectivity index (χ3n) is 8.79. The van der Waals surface area contributed by atoms with Crippen LogP contribution in [0.5, 0.6) is 23.0 Å². The standard InChI is InChI=1S/C43H50O7/c1-25(2)20-21-32-28(6)38(47-30(8)44)33-16-12-14-18-35(33)40(32)49-42(46)50-41-36-19-15-13-17-34(36)39(48-31(9)45)29(7)37(41)43(10,11)23-22-27(5)24-26(3)4/h12-20,22,26H,21,23-24H2,1-11H3/b27-22+. The average Bonchev–Trinajstić information content (AvgIpc) is 3.02. The molecule has 0 spiro atoms. The first-order valence-electron chi connectivity index (χ1n) is 17.2. The molecule has 0 atom stereocenters. The molecule has 0 heterocycles. The summed E-state index contributed by atoms with van der Waals surface area (Å²) in [6.45, 7) is 21.2. The number of esters is 2. The Bertz CT molecular complexity index is 2010. The van der Waals surface area contributed by atoms with Crippen LogP contribution in [0.4, 0.5) is 4.79 Å². The third-order valence-corrected chi connectivity index (χ3v) is 8.79. The van der Waals surface area contributed by atoms with E-state index in [0.29, 0.717) is 80.0 Å². The van der Waals surface area contributed by atoms with Crippen LogP contribution in [0, 0.1) is 19.8 Å². The van der Waals surface area contributed by atoms with Crippen LogP contribution in [-0.4, -0.2) is 18.1 Å². The molecule has 0 unspecified atom stereocenters.